The molecule has 1 saturated heterocycles. The Morgan fingerprint density at radius 1 is 0.971 bits per heavy atom. The molecule has 3 unspecified atom stereocenters. The molecule has 2 amide bonds. The van der Waals surface area contributed by atoms with E-state index in [9.17, 15) is 14.7 Å². The van der Waals surface area contributed by atoms with Crippen LogP contribution in [0, 0.1) is 17.8 Å². The van der Waals surface area contributed by atoms with Crippen LogP contribution in [-0.4, -0.2) is 41.6 Å². The van der Waals surface area contributed by atoms with E-state index in [-0.39, 0.29) is 18.6 Å². The number of ether oxygens (including phenoxy) is 1. The summed E-state index contributed by atoms with van der Waals surface area (Å²) in [4.78, 5) is 28.5. The number of nitrogens with one attached hydrogen (secondary N) is 1. The molecule has 182 valence electrons. The lowest BCUT2D eigenvalue weighted by Crippen LogP contribution is -2.51. The van der Waals surface area contributed by atoms with Crippen LogP contribution >= 0.6 is 11.3 Å². The maximum absolute atomic E-state index is 13.4. The van der Waals surface area contributed by atoms with Gasteiger partial charge >= 0.3 is 6.09 Å². The first-order valence-corrected chi connectivity index (χ1v) is 13.0. The lowest BCUT2D eigenvalue weighted by Gasteiger charge is -2.38. The third-order valence-electron chi connectivity index (χ3n) is 7.39. The number of carbonyl (C=O) groups is 2. The van der Waals surface area contributed by atoms with Crippen LogP contribution in [0.2, 0.25) is 0 Å². The van der Waals surface area contributed by atoms with E-state index >= 15 is 0 Å². The highest BCUT2D eigenvalue weighted by Gasteiger charge is 2.45. The largest absolute Gasteiger partial charge is 0.445 e. The maximum Gasteiger partial charge on any atom is 0.410 e. The summed E-state index contributed by atoms with van der Waals surface area (Å²) in [6, 6.07) is 22.4. The normalized spacial score (nSPS) is 22.9. The van der Waals surface area contributed by atoms with Gasteiger partial charge in [0.15, 0.2) is 0 Å². The molecule has 2 aromatic carbocycles. The van der Waals surface area contributed by atoms with Gasteiger partial charge in [-0.15, -0.1) is 11.3 Å². The average Bonchev–Trinajstić information content (AvgIpc) is 3.52. The van der Waals surface area contributed by atoms with Crippen LogP contribution in [-0.2, 0) is 21.7 Å². The second kappa shape index (κ2) is 10.2. The van der Waals surface area contributed by atoms with Gasteiger partial charge in [-0.1, -0.05) is 66.7 Å². The van der Waals surface area contributed by atoms with Gasteiger partial charge in [0.1, 0.15) is 6.61 Å². The minimum Gasteiger partial charge on any atom is -0.445 e. The van der Waals surface area contributed by atoms with E-state index in [0.29, 0.717) is 41.9 Å². The quantitative estimate of drug-likeness (QED) is 0.515. The van der Waals surface area contributed by atoms with E-state index in [1.54, 1.807) is 18.2 Å². The predicted octanol–water partition coefficient (Wildman–Crippen LogP) is 4.40. The molecular formula is C28H30N2O4S. The summed E-state index contributed by atoms with van der Waals surface area (Å²) in [5.74, 6) is 0.491. The Morgan fingerprint density at radius 3 is 2.26 bits per heavy atom. The molecule has 2 N–H and O–H groups in total. The third kappa shape index (κ3) is 4.83. The van der Waals surface area contributed by atoms with Crippen LogP contribution in [0.4, 0.5) is 4.79 Å². The molecule has 0 spiro atoms. The molecule has 1 aliphatic carbocycles. The SMILES string of the molecule is O=C(OCc1ccccc1)N1CC2CCC(C1)C2CNC(=O)C(O)(c1ccccc1)c1cccs1. The molecule has 3 atom stereocenters. The van der Waals surface area contributed by atoms with Gasteiger partial charge in [0.05, 0.1) is 4.88 Å². The average molecular weight is 491 g/mol. The molecule has 3 aromatic rings. The Balaban J connectivity index is 1.21. The van der Waals surface area contributed by atoms with E-state index in [1.807, 2.05) is 64.9 Å². The standard InChI is InChI=1S/C28H30N2O4S/c31-26(28(33,25-12-7-15-35-25)23-10-5-2-6-11-23)29-16-24-21-13-14-22(24)18-30(17-21)27(32)34-19-20-8-3-1-4-9-20/h1-12,15,21-22,24,33H,13-14,16-19H2,(H,29,31). The minimum absolute atomic E-state index is 0.270. The Labute approximate surface area is 209 Å². The second-order valence-electron chi connectivity index (χ2n) is 9.47. The fourth-order valence-corrected chi connectivity index (χ4v) is 6.36. The van der Waals surface area contributed by atoms with Crippen molar-refractivity contribution in [2.45, 2.75) is 25.0 Å². The molecule has 1 saturated carbocycles. The van der Waals surface area contributed by atoms with E-state index in [1.165, 1.54) is 11.3 Å². The lowest BCUT2D eigenvalue weighted by molar-refractivity contribution is -0.136. The Morgan fingerprint density at radius 2 is 1.63 bits per heavy atom. The highest BCUT2D eigenvalue weighted by Crippen LogP contribution is 2.42. The van der Waals surface area contributed by atoms with Crippen LogP contribution in [0.15, 0.2) is 78.2 Å². The van der Waals surface area contributed by atoms with Crippen molar-refractivity contribution < 1.29 is 19.4 Å². The van der Waals surface area contributed by atoms with Gasteiger partial charge < -0.3 is 20.1 Å². The van der Waals surface area contributed by atoms with Gasteiger partial charge in [0.2, 0.25) is 5.60 Å². The van der Waals surface area contributed by atoms with Gasteiger partial charge in [-0.2, -0.15) is 0 Å². The van der Waals surface area contributed by atoms with Crippen LogP contribution in [0.1, 0.15) is 28.8 Å². The molecule has 35 heavy (non-hydrogen) atoms. The number of amides is 2. The lowest BCUT2D eigenvalue weighted by atomic mass is 9.84. The number of fused-ring (bicyclic) bond motifs is 2. The number of rotatable bonds is 7. The summed E-state index contributed by atoms with van der Waals surface area (Å²) < 4.78 is 5.55. The number of aliphatic hydroxyl groups is 1. The first-order valence-electron chi connectivity index (χ1n) is 12.1. The van der Waals surface area contributed by atoms with E-state index in [4.69, 9.17) is 4.74 Å². The molecule has 6 nitrogen and oxygen atoms in total. The Hall–Kier alpha value is -3.16. The monoisotopic (exact) mass is 490 g/mol. The molecular weight excluding hydrogens is 460 g/mol. The fraction of sp³-hybridized carbons (Fsp3) is 0.357. The van der Waals surface area contributed by atoms with Crippen molar-refractivity contribution >= 4 is 23.3 Å². The van der Waals surface area contributed by atoms with E-state index in [0.717, 1.165) is 18.4 Å². The number of nitrogens with zero attached hydrogens (tertiary/aromatic N) is 1. The molecule has 7 heteroatoms. The highest BCUT2D eigenvalue weighted by molar-refractivity contribution is 7.10. The molecule has 2 fully saturated rings. The zero-order chi connectivity index (χ0) is 24.3. The van der Waals surface area contributed by atoms with Gasteiger partial charge in [-0.25, -0.2) is 4.79 Å². The maximum atomic E-state index is 13.4. The van der Waals surface area contributed by atoms with Crippen LogP contribution in [0.25, 0.3) is 0 Å². The van der Waals surface area contributed by atoms with Gasteiger partial charge in [-0.05, 0) is 53.2 Å². The number of benzene rings is 2. The number of hydrogen-bond acceptors (Lipinski definition) is 5. The van der Waals surface area contributed by atoms with Crippen molar-refractivity contribution in [2.75, 3.05) is 19.6 Å². The van der Waals surface area contributed by atoms with Gasteiger partial charge in [-0.3, -0.25) is 4.79 Å². The number of thiophene rings is 1. The van der Waals surface area contributed by atoms with Gasteiger partial charge in [0.25, 0.3) is 5.91 Å². The molecule has 2 bridgehead atoms. The van der Waals surface area contributed by atoms with Gasteiger partial charge in [0, 0.05) is 19.6 Å². The molecule has 0 radical (unpaired) electrons. The van der Waals surface area contributed by atoms with E-state index < -0.39 is 11.5 Å². The summed E-state index contributed by atoms with van der Waals surface area (Å²) >= 11 is 1.37. The van der Waals surface area contributed by atoms with Crippen LogP contribution < -0.4 is 5.32 Å². The third-order valence-corrected chi connectivity index (χ3v) is 8.37. The molecule has 5 rings (SSSR count). The fourth-order valence-electron chi connectivity index (χ4n) is 5.52. The number of likely N-dealkylation sites (tertiary alicyclic amines) is 1. The zero-order valence-corrected chi connectivity index (χ0v) is 20.3. The molecule has 1 aromatic heterocycles. The molecule has 2 aliphatic rings. The zero-order valence-electron chi connectivity index (χ0n) is 19.5. The number of carbonyl (C=O) groups excluding carboxylic acids is 2. The van der Waals surface area contributed by atoms with Crippen molar-refractivity contribution in [2.24, 2.45) is 17.8 Å². The Bertz CT molecular complexity index is 1120. The summed E-state index contributed by atoms with van der Waals surface area (Å²) in [6.07, 6.45) is 1.78. The van der Waals surface area contributed by atoms with Crippen molar-refractivity contribution in [3.05, 3.63) is 94.2 Å². The van der Waals surface area contributed by atoms with Crippen molar-refractivity contribution in [3.63, 3.8) is 0 Å². The highest BCUT2D eigenvalue weighted by atomic mass is 32.1. The van der Waals surface area contributed by atoms with Crippen molar-refractivity contribution in [3.8, 4) is 0 Å². The smallest absolute Gasteiger partial charge is 0.410 e. The first kappa shape index (κ1) is 23.6. The first-order chi connectivity index (χ1) is 17.1. The van der Waals surface area contributed by atoms with Crippen LogP contribution in [0.5, 0.6) is 0 Å². The van der Waals surface area contributed by atoms with Crippen LogP contribution in [0.3, 0.4) is 0 Å². The summed E-state index contributed by atoms with van der Waals surface area (Å²) in [5.41, 5.74) is -0.201. The molecule has 1 aliphatic heterocycles. The Kier molecular flexibility index (Phi) is 6.88. The van der Waals surface area contributed by atoms with Crippen molar-refractivity contribution in [1.29, 1.82) is 0 Å². The predicted molar refractivity (Wildman–Crippen MR) is 135 cm³/mol. The minimum atomic E-state index is -1.73. The summed E-state index contributed by atoms with van der Waals surface area (Å²) in [7, 11) is 0. The summed E-state index contributed by atoms with van der Waals surface area (Å²) in [5, 5.41) is 16.5. The van der Waals surface area contributed by atoms with E-state index in [2.05, 4.69) is 5.32 Å². The number of hydrogen-bond donors (Lipinski definition) is 2. The summed E-state index contributed by atoms with van der Waals surface area (Å²) in [6.45, 7) is 2.03. The molecule has 2 heterocycles. The number of piperidine rings is 1. The second-order valence-corrected chi connectivity index (χ2v) is 10.4. The topological polar surface area (TPSA) is 78.9 Å². The van der Waals surface area contributed by atoms with Crippen molar-refractivity contribution in [1.82, 2.24) is 10.2 Å².